The average Bonchev–Trinajstić information content (AvgIpc) is 3.12. The number of halogens is 1. The number of aliphatic imine (C=N–C) groups is 1. The topological polar surface area (TPSA) is 30.2 Å². The first-order valence-corrected chi connectivity index (χ1v) is 8.71. The lowest BCUT2D eigenvalue weighted by Gasteiger charge is -2.03. The van der Waals surface area contributed by atoms with E-state index < -0.39 is 0 Å². The van der Waals surface area contributed by atoms with Gasteiger partial charge in [-0.25, -0.2) is 14.1 Å². The lowest BCUT2D eigenvalue weighted by atomic mass is 10.1. The van der Waals surface area contributed by atoms with Gasteiger partial charge in [-0.2, -0.15) is 5.10 Å². The maximum Gasteiger partial charge on any atom is 0.156 e. The predicted molar refractivity (Wildman–Crippen MR) is 107 cm³/mol. The summed E-state index contributed by atoms with van der Waals surface area (Å²) in [5.74, 6) is 0.400. The molecule has 0 atom stereocenters. The zero-order chi connectivity index (χ0) is 18.6. The van der Waals surface area contributed by atoms with Crippen LogP contribution < -0.4 is 0 Å². The van der Waals surface area contributed by atoms with Crippen molar-refractivity contribution in [2.24, 2.45) is 4.99 Å². The Bertz CT molecular complexity index is 1080. The fourth-order valence-electron chi connectivity index (χ4n) is 2.82. The molecule has 0 bridgehead atoms. The predicted octanol–water partition coefficient (Wildman–Crippen LogP) is 5.74. The maximum atomic E-state index is 13.4. The Balaban J connectivity index is 1.77. The number of aromatic nitrogens is 2. The number of para-hydroxylation sites is 1. The van der Waals surface area contributed by atoms with Crippen LogP contribution in [-0.4, -0.2) is 16.0 Å². The normalized spacial score (nSPS) is 11.2. The van der Waals surface area contributed by atoms with Crippen molar-refractivity contribution in [1.82, 2.24) is 9.78 Å². The molecule has 132 valence electrons. The number of benzene rings is 3. The summed E-state index contributed by atoms with van der Waals surface area (Å²) < 4.78 is 15.2. The Labute approximate surface area is 157 Å². The molecular formula is C23H18FN3. The second kappa shape index (κ2) is 7.38. The molecule has 0 radical (unpaired) electrons. The van der Waals surface area contributed by atoms with E-state index in [0.29, 0.717) is 11.4 Å². The van der Waals surface area contributed by atoms with E-state index in [-0.39, 0.29) is 5.82 Å². The minimum absolute atomic E-state index is 0.282. The Hall–Kier alpha value is -3.53. The van der Waals surface area contributed by atoms with Gasteiger partial charge in [0.05, 0.1) is 11.4 Å². The third-order valence-corrected chi connectivity index (χ3v) is 4.23. The smallest absolute Gasteiger partial charge is 0.156 e. The Kier molecular flexibility index (Phi) is 4.62. The van der Waals surface area contributed by atoms with E-state index in [1.54, 1.807) is 17.0 Å². The van der Waals surface area contributed by atoms with Gasteiger partial charge in [0.1, 0.15) is 5.82 Å². The van der Waals surface area contributed by atoms with Crippen molar-refractivity contribution >= 4 is 12.0 Å². The molecule has 1 aromatic heterocycles. The van der Waals surface area contributed by atoms with Gasteiger partial charge in [-0.1, -0.05) is 60.2 Å². The van der Waals surface area contributed by atoms with Gasteiger partial charge >= 0.3 is 0 Å². The molecule has 0 aliphatic heterocycles. The zero-order valence-corrected chi connectivity index (χ0v) is 14.9. The maximum absolute atomic E-state index is 13.4. The highest BCUT2D eigenvalue weighted by molar-refractivity contribution is 5.82. The molecule has 0 N–H and O–H groups in total. The number of hydrogen-bond acceptors (Lipinski definition) is 2. The molecule has 27 heavy (non-hydrogen) atoms. The SMILES string of the molecule is Cc1ccc(-c2cc(N=Cc3cccc(F)c3)n(-c3ccccc3)n2)cc1. The monoisotopic (exact) mass is 355 g/mol. The van der Waals surface area contributed by atoms with Gasteiger partial charge in [-0.3, -0.25) is 0 Å². The second-order valence-electron chi connectivity index (χ2n) is 6.31. The van der Waals surface area contributed by atoms with Gasteiger partial charge in [-0.15, -0.1) is 0 Å². The number of hydrogen-bond donors (Lipinski definition) is 0. The van der Waals surface area contributed by atoms with E-state index in [4.69, 9.17) is 5.10 Å². The fourth-order valence-corrected chi connectivity index (χ4v) is 2.82. The molecule has 0 spiro atoms. The molecule has 3 aromatic carbocycles. The van der Waals surface area contributed by atoms with Gasteiger partial charge in [0.2, 0.25) is 0 Å². The lowest BCUT2D eigenvalue weighted by Crippen LogP contribution is -1.96. The summed E-state index contributed by atoms with van der Waals surface area (Å²) in [7, 11) is 0. The van der Waals surface area contributed by atoms with E-state index in [9.17, 15) is 4.39 Å². The Morgan fingerprint density at radius 1 is 0.889 bits per heavy atom. The standard InChI is InChI=1S/C23H18FN3/c1-17-10-12-19(13-11-17)22-15-23(25-16-18-6-5-7-20(24)14-18)27(26-22)21-8-3-2-4-9-21/h2-16H,1H3. The van der Waals surface area contributed by atoms with Gasteiger partial charge in [0.15, 0.2) is 5.82 Å². The summed E-state index contributed by atoms with van der Waals surface area (Å²) in [5, 5.41) is 4.74. The first kappa shape index (κ1) is 16.9. The van der Waals surface area contributed by atoms with Crippen LogP contribution in [0.4, 0.5) is 10.2 Å². The lowest BCUT2D eigenvalue weighted by molar-refractivity contribution is 0.627. The van der Waals surface area contributed by atoms with Gasteiger partial charge in [0, 0.05) is 17.8 Å². The van der Waals surface area contributed by atoms with E-state index >= 15 is 0 Å². The van der Waals surface area contributed by atoms with Crippen molar-refractivity contribution < 1.29 is 4.39 Å². The number of nitrogens with zero attached hydrogens (tertiary/aromatic N) is 3. The highest BCUT2D eigenvalue weighted by Gasteiger charge is 2.10. The molecule has 0 saturated heterocycles. The molecule has 4 aromatic rings. The summed E-state index contributed by atoms with van der Waals surface area (Å²) >= 11 is 0. The summed E-state index contributed by atoms with van der Waals surface area (Å²) in [6.07, 6.45) is 1.65. The summed E-state index contributed by atoms with van der Waals surface area (Å²) in [4.78, 5) is 4.57. The molecule has 0 unspecified atom stereocenters. The van der Waals surface area contributed by atoms with Crippen LogP contribution in [0.2, 0.25) is 0 Å². The third-order valence-electron chi connectivity index (χ3n) is 4.23. The largest absolute Gasteiger partial charge is 0.236 e. The van der Waals surface area contributed by atoms with Gasteiger partial charge < -0.3 is 0 Å². The van der Waals surface area contributed by atoms with Crippen LogP contribution in [0.15, 0.2) is 89.9 Å². The molecule has 3 nitrogen and oxygen atoms in total. The minimum atomic E-state index is -0.282. The third kappa shape index (κ3) is 3.85. The van der Waals surface area contributed by atoms with E-state index in [1.807, 2.05) is 54.6 Å². The van der Waals surface area contributed by atoms with Crippen molar-refractivity contribution in [3.8, 4) is 16.9 Å². The van der Waals surface area contributed by atoms with Crippen molar-refractivity contribution in [3.05, 3.63) is 102 Å². The summed E-state index contributed by atoms with van der Waals surface area (Å²) in [5.41, 5.74) is 4.68. The molecule has 0 aliphatic carbocycles. The van der Waals surface area contributed by atoms with Gasteiger partial charge in [-0.05, 0) is 36.8 Å². The van der Waals surface area contributed by atoms with Crippen molar-refractivity contribution in [1.29, 1.82) is 0 Å². The minimum Gasteiger partial charge on any atom is -0.236 e. The first-order valence-electron chi connectivity index (χ1n) is 8.71. The zero-order valence-electron chi connectivity index (χ0n) is 14.9. The van der Waals surface area contributed by atoms with Crippen LogP contribution in [0.3, 0.4) is 0 Å². The Morgan fingerprint density at radius 3 is 2.41 bits per heavy atom. The summed E-state index contributed by atoms with van der Waals surface area (Å²) in [6.45, 7) is 2.06. The molecule has 1 heterocycles. The second-order valence-corrected chi connectivity index (χ2v) is 6.31. The van der Waals surface area contributed by atoms with Crippen molar-refractivity contribution in [3.63, 3.8) is 0 Å². The van der Waals surface area contributed by atoms with Crippen LogP contribution in [0.5, 0.6) is 0 Å². The molecule has 4 rings (SSSR count). The molecular weight excluding hydrogens is 337 g/mol. The van der Waals surface area contributed by atoms with E-state index in [0.717, 1.165) is 16.9 Å². The molecule has 0 fully saturated rings. The number of aryl methyl sites for hydroxylation is 1. The van der Waals surface area contributed by atoms with E-state index in [2.05, 4.69) is 24.0 Å². The number of rotatable bonds is 4. The summed E-state index contributed by atoms with van der Waals surface area (Å²) in [6, 6.07) is 26.4. The van der Waals surface area contributed by atoms with Crippen LogP contribution >= 0.6 is 0 Å². The van der Waals surface area contributed by atoms with Crippen LogP contribution in [-0.2, 0) is 0 Å². The average molecular weight is 355 g/mol. The molecule has 0 amide bonds. The van der Waals surface area contributed by atoms with Crippen molar-refractivity contribution in [2.75, 3.05) is 0 Å². The van der Waals surface area contributed by atoms with Gasteiger partial charge in [0.25, 0.3) is 0 Å². The highest BCUT2D eigenvalue weighted by atomic mass is 19.1. The van der Waals surface area contributed by atoms with Crippen molar-refractivity contribution in [2.45, 2.75) is 6.92 Å². The van der Waals surface area contributed by atoms with Crippen LogP contribution in [0.25, 0.3) is 16.9 Å². The highest BCUT2D eigenvalue weighted by Crippen LogP contribution is 2.27. The molecule has 0 saturated carbocycles. The molecule has 0 aliphatic rings. The van der Waals surface area contributed by atoms with Crippen LogP contribution in [0, 0.1) is 12.7 Å². The molecule has 4 heteroatoms. The van der Waals surface area contributed by atoms with Crippen LogP contribution in [0.1, 0.15) is 11.1 Å². The first-order chi connectivity index (χ1) is 13.2. The Morgan fingerprint density at radius 2 is 1.67 bits per heavy atom. The van der Waals surface area contributed by atoms with E-state index in [1.165, 1.54) is 17.7 Å². The quantitative estimate of drug-likeness (QED) is 0.430. The fraction of sp³-hybridized carbons (Fsp3) is 0.0435.